The summed E-state index contributed by atoms with van der Waals surface area (Å²) in [5, 5.41) is 8.08. The zero-order chi connectivity index (χ0) is 15.9. The fourth-order valence-corrected chi connectivity index (χ4v) is 2.71. The fourth-order valence-electron chi connectivity index (χ4n) is 2.71. The summed E-state index contributed by atoms with van der Waals surface area (Å²) >= 11 is 0. The molecule has 116 valence electrons. The van der Waals surface area contributed by atoms with Crippen LogP contribution in [-0.4, -0.2) is 26.5 Å². The summed E-state index contributed by atoms with van der Waals surface area (Å²) in [7, 11) is 0. The summed E-state index contributed by atoms with van der Waals surface area (Å²) < 4.78 is 0. The van der Waals surface area contributed by atoms with E-state index >= 15 is 0 Å². The Morgan fingerprint density at radius 3 is 2.61 bits per heavy atom. The lowest BCUT2D eigenvalue weighted by Crippen LogP contribution is -2.36. The molecule has 0 aliphatic heterocycles. The summed E-state index contributed by atoms with van der Waals surface area (Å²) in [4.78, 5) is 20.1. The minimum absolute atomic E-state index is 0.0136. The van der Waals surface area contributed by atoms with Gasteiger partial charge < -0.3 is 4.84 Å². The highest BCUT2D eigenvalue weighted by Gasteiger charge is 2.54. The van der Waals surface area contributed by atoms with Crippen LogP contribution in [0.1, 0.15) is 35.7 Å². The lowest BCUT2D eigenvalue weighted by molar-refractivity contribution is 0.00768. The minimum Gasteiger partial charge on any atom is -0.380 e. The average molecular weight is 307 g/mol. The van der Waals surface area contributed by atoms with Crippen LogP contribution in [0.25, 0.3) is 11.0 Å². The summed E-state index contributed by atoms with van der Waals surface area (Å²) in [5.41, 5.74) is 2.62. The third-order valence-electron chi connectivity index (χ3n) is 4.33. The van der Waals surface area contributed by atoms with E-state index in [0.717, 1.165) is 17.5 Å². The third-order valence-corrected chi connectivity index (χ3v) is 4.33. The number of para-hydroxylation sites is 1. The van der Waals surface area contributed by atoms with Crippen LogP contribution >= 0.6 is 0 Å². The average Bonchev–Trinajstić information content (AvgIpc) is 3.28. The Hall–Kier alpha value is -2.69. The highest BCUT2D eigenvalue weighted by Crippen LogP contribution is 2.40. The predicted molar refractivity (Wildman–Crippen MR) is 86.2 cm³/mol. The fraction of sp³-hybridized carbons (Fsp3) is 0.278. The van der Waals surface area contributed by atoms with Crippen LogP contribution in [-0.2, 0) is 6.42 Å². The van der Waals surface area contributed by atoms with Gasteiger partial charge in [-0.25, -0.2) is 0 Å². The lowest BCUT2D eigenvalue weighted by atomic mass is 10.0. The molecule has 23 heavy (non-hydrogen) atoms. The molecule has 5 nitrogen and oxygen atoms in total. The van der Waals surface area contributed by atoms with Crippen molar-refractivity contribution in [2.75, 3.05) is 0 Å². The number of hydrogen-bond acceptors (Lipinski definition) is 4. The number of rotatable bonds is 5. The second kappa shape index (κ2) is 5.19. The van der Waals surface area contributed by atoms with E-state index in [0.29, 0.717) is 18.4 Å². The van der Waals surface area contributed by atoms with Gasteiger partial charge in [-0.3, -0.25) is 4.79 Å². The molecule has 5 heteroatoms. The molecule has 0 N–H and O–H groups in total. The highest BCUT2D eigenvalue weighted by atomic mass is 16.7. The van der Waals surface area contributed by atoms with Crippen LogP contribution < -0.4 is 4.84 Å². The Kier molecular flexibility index (Phi) is 3.15. The van der Waals surface area contributed by atoms with Gasteiger partial charge in [0.05, 0.1) is 0 Å². The van der Waals surface area contributed by atoms with Crippen molar-refractivity contribution in [3.05, 3.63) is 59.7 Å². The van der Waals surface area contributed by atoms with Gasteiger partial charge in [-0.15, -0.1) is 5.10 Å². The SMILES string of the molecule is CCc1ccc(C(=O)C2(On3nnc4ccccc43)CC2)cc1. The first-order valence-corrected chi connectivity index (χ1v) is 7.85. The molecule has 1 aliphatic carbocycles. The Morgan fingerprint density at radius 2 is 1.91 bits per heavy atom. The molecule has 1 fully saturated rings. The van der Waals surface area contributed by atoms with Crippen LogP contribution in [0.2, 0.25) is 0 Å². The molecule has 0 amide bonds. The molecule has 0 radical (unpaired) electrons. The standard InChI is InChI=1S/C18H17N3O2/c1-2-13-7-9-14(10-8-13)17(22)18(11-12-18)23-21-16-6-4-3-5-15(16)19-20-21/h3-10H,2,11-12H2,1H3. The molecule has 0 unspecified atom stereocenters. The Bertz CT molecular complexity index is 863. The molecule has 4 rings (SSSR count). The first kappa shape index (κ1) is 13.9. The Balaban J connectivity index is 1.61. The maximum absolute atomic E-state index is 12.8. The van der Waals surface area contributed by atoms with E-state index in [2.05, 4.69) is 17.2 Å². The molecule has 1 aromatic heterocycles. The molecule has 2 aromatic carbocycles. The number of nitrogens with zero attached hydrogens (tertiary/aromatic N) is 3. The topological polar surface area (TPSA) is 57.0 Å². The van der Waals surface area contributed by atoms with Crippen molar-refractivity contribution in [3.63, 3.8) is 0 Å². The predicted octanol–water partition coefficient (Wildman–Crippen LogP) is 2.84. The van der Waals surface area contributed by atoms with E-state index < -0.39 is 5.60 Å². The number of hydrogen-bond donors (Lipinski definition) is 0. The van der Waals surface area contributed by atoms with Crippen LogP contribution in [0.4, 0.5) is 0 Å². The van der Waals surface area contributed by atoms with Gasteiger partial charge in [0.1, 0.15) is 11.0 Å². The third kappa shape index (κ3) is 2.38. The zero-order valence-electron chi connectivity index (χ0n) is 12.9. The second-order valence-corrected chi connectivity index (χ2v) is 5.92. The summed E-state index contributed by atoms with van der Waals surface area (Å²) in [5.74, 6) is 0.0136. The van der Waals surface area contributed by atoms with Crippen molar-refractivity contribution in [1.29, 1.82) is 0 Å². The van der Waals surface area contributed by atoms with Gasteiger partial charge in [-0.1, -0.05) is 48.2 Å². The summed E-state index contributed by atoms with van der Waals surface area (Å²) in [6, 6.07) is 15.3. The van der Waals surface area contributed by atoms with E-state index in [4.69, 9.17) is 4.84 Å². The Morgan fingerprint density at radius 1 is 1.17 bits per heavy atom. The van der Waals surface area contributed by atoms with Gasteiger partial charge in [-0.2, -0.15) is 0 Å². The highest BCUT2D eigenvalue weighted by molar-refractivity contribution is 6.04. The largest absolute Gasteiger partial charge is 0.380 e. The number of aromatic nitrogens is 3. The number of ketones is 1. The van der Waals surface area contributed by atoms with Crippen molar-refractivity contribution in [2.45, 2.75) is 31.8 Å². The number of carbonyl (C=O) groups excluding carboxylic acids is 1. The molecule has 0 saturated heterocycles. The zero-order valence-corrected chi connectivity index (χ0v) is 12.9. The van der Waals surface area contributed by atoms with Crippen LogP contribution in [0.5, 0.6) is 0 Å². The van der Waals surface area contributed by atoms with Crippen molar-refractivity contribution in [3.8, 4) is 0 Å². The smallest absolute Gasteiger partial charge is 0.209 e. The van der Waals surface area contributed by atoms with E-state index in [1.165, 1.54) is 10.4 Å². The number of Topliss-reactive ketones (excluding diaryl/α,β-unsaturated/α-hetero) is 1. The van der Waals surface area contributed by atoms with Crippen molar-refractivity contribution < 1.29 is 9.63 Å². The number of benzene rings is 2. The van der Waals surface area contributed by atoms with Crippen LogP contribution in [0.15, 0.2) is 48.5 Å². The summed E-state index contributed by atoms with van der Waals surface area (Å²) in [6.45, 7) is 2.10. The molecule has 1 aliphatic rings. The van der Waals surface area contributed by atoms with Gasteiger partial charge in [0.25, 0.3) is 0 Å². The van der Waals surface area contributed by atoms with Gasteiger partial charge in [0.15, 0.2) is 5.60 Å². The molecule has 0 atom stereocenters. The quantitative estimate of drug-likeness (QED) is 0.680. The number of fused-ring (bicyclic) bond motifs is 1. The van der Waals surface area contributed by atoms with Crippen molar-refractivity contribution in [1.82, 2.24) is 15.2 Å². The van der Waals surface area contributed by atoms with E-state index in [9.17, 15) is 4.79 Å². The normalized spacial score (nSPS) is 15.5. The molecular weight excluding hydrogens is 290 g/mol. The van der Waals surface area contributed by atoms with Crippen molar-refractivity contribution in [2.24, 2.45) is 0 Å². The van der Waals surface area contributed by atoms with Gasteiger partial charge in [-0.05, 0) is 29.3 Å². The molecule has 3 aromatic rings. The summed E-state index contributed by atoms with van der Waals surface area (Å²) in [6.07, 6.45) is 2.37. The lowest BCUT2D eigenvalue weighted by Gasteiger charge is -2.16. The van der Waals surface area contributed by atoms with E-state index in [1.54, 1.807) is 0 Å². The van der Waals surface area contributed by atoms with Crippen LogP contribution in [0, 0.1) is 0 Å². The first-order valence-electron chi connectivity index (χ1n) is 7.85. The van der Waals surface area contributed by atoms with Crippen molar-refractivity contribution >= 4 is 16.8 Å². The monoisotopic (exact) mass is 307 g/mol. The van der Waals surface area contributed by atoms with Gasteiger partial charge >= 0.3 is 0 Å². The maximum atomic E-state index is 12.8. The number of aryl methyl sites for hydroxylation is 1. The number of carbonyl (C=O) groups is 1. The van der Waals surface area contributed by atoms with E-state index in [-0.39, 0.29) is 5.78 Å². The second-order valence-electron chi connectivity index (χ2n) is 5.92. The minimum atomic E-state index is -0.801. The maximum Gasteiger partial charge on any atom is 0.209 e. The molecule has 0 spiro atoms. The molecular formula is C18H17N3O2. The van der Waals surface area contributed by atoms with Gasteiger partial charge in [0, 0.05) is 18.4 Å². The Labute approximate surface area is 133 Å². The first-order chi connectivity index (χ1) is 11.2. The van der Waals surface area contributed by atoms with Gasteiger partial charge in [0.2, 0.25) is 5.78 Å². The molecule has 0 bridgehead atoms. The molecule has 1 heterocycles. The molecule has 1 saturated carbocycles. The van der Waals surface area contributed by atoms with E-state index in [1.807, 2.05) is 48.5 Å². The van der Waals surface area contributed by atoms with Crippen LogP contribution in [0.3, 0.4) is 0 Å².